The van der Waals surface area contributed by atoms with Crippen LogP contribution in [0.2, 0.25) is 0 Å². The predicted molar refractivity (Wildman–Crippen MR) is 86.7 cm³/mol. The Kier molecular flexibility index (Phi) is 15.9. The summed E-state index contributed by atoms with van der Waals surface area (Å²) < 4.78 is 5.69. The van der Waals surface area contributed by atoms with E-state index in [1.54, 1.807) is 0 Å². The molecule has 0 aromatic heterocycles. The third-order valence-corrected chi connectivity index (χ3v) is 3.08. The first-order valence-electron chi connectivity index (χ1n) is 6.71. The minimum absolute atomic E-state index is 0. The van der Waals surface area contributed by atoms with Crippen molar-refractivity contribution in [2.24, 2.45) is 0 Å². The molecule has 0 bridgehead atoms. The van der Waals surface area contributed by atoms with E-state index in [9.17, 15) is 0 Å². The van der Waals surface area contributed by atoms with Crippen molar-refractivity contribution >= 4 is 29.1 Å². The second kappa shape index (κ2) is 14.5. The number of rotatable bonds is 7. The molecule has 0 radical (unpaired) electrons. The summed E-state index contributed by atoms with van der Waals surface area (Å²) in [6.07, 6.45) is 4.00. The zero-order valence-corrected chi connectivity index (χ0v) is 17.3. The molecule has 0 spiro atoms. The van der Waals surface area contributed by atoms with Gasteiger partial charge in [-0.15, -0.1) is 0 Å². The van der Waals surface area contributed by atoms with Crippen LogP contribution in [0, 0.1) is 0 Å². The Hall–Kier alpha value is -0.134. The van der Waals surface area contributed by atoms with E-state index in [2.05, 4.69) is 55.1 Å². The van der Waals surface area contributed by atoms with Gasteiger partial charge in [0, 0.05) is 6.61 Å². The molecule has 0 aliphatic heterocycles. The van der Waals surface area contributed by atoms with Gasteiger partial charge in [-0.3, -0.25) is 0 Å². The van der Waals surface area contributed by atoms with Crippen molar-refractivity contribution < 1.29 is 38.7 Å². The molecular formula is C18H20Br2MgO. The quantitative estimate of drug-likeness (QED) is 0.364. The minimum Gasteiger partial charge on any atom is -1.00 e. The molecule has 0 aliphatic rings. The van der Waals surface area contributed by atoms with Crippen molar-refractivity contribution in [1.82, 2.24) is 0 Å². The number of benzene rings is 2. The SMILES string of the molecule is C=Cc1ccc(COCCCc2ccccc2)cc1.[Br-].[Br-].[Mg+2]. The van der Waals surface area contributed by atoms with Gasteiger partial charge in [0.1, 0.15) is 0 Å². The van der Waals surface area contributed by atoms with Gasteiger partial charge >= 0.3 is 23.1 Å². The largest absolute Gasteiger partial charge is 2.00 e. The van der Waals surface area contributed by atoms with Gasteiger partial charge < -0.3 is 38.7 Å². The Balaban J connectivity index is 0. The van der Waals surface area contributed by atoms with Crippen LogP contribution in [0.25, 0.3) is 6.08 Å². The normalized spacial score (nSPS) is 8.91. The van der Waals surface area contributed by atoms with Gasteiger partial charge in [-0.25, -0.2) is 0 Å². The number of aryl methyl sites for hydroxylation is 1. The molecule has 4 heteroatoms. The Morgan fingerprint density at radius 3 is 2.09 bits per heavy atom. The van der Waals surface area contributed by atoms with Gasteiger partial charge in [0.15, 0.2) is 0 Å². The smallest absolute Gasteiger partial charge is 1.00 e. The molecule has 0 amide bonds. The monoisotopic (exact) mass is 434 g/mol. The van der Waals surface area contributed by atoms with Crippen LogP contribution in [0.4, 0.5) is 0 Å². The third-order valence-electron chi connectivity index (χ3n) is 3.08. The van der Waals surface area contributed by atoms with Gasteiger partial charge in [-0.2, -0.15) is 0 Å². The van der Waals surface area contributed by atoms with Crippen molar-refractivity contribution in [3.8, 4) is 0 Å². The molecule has 0 fully saturated rings. The average Bonchev–Trinajstić information content (AvgIpc) is 2.49. The topological polar surface area (TPSA) is 9.23 Å². The zero-order valence-electron chi connectivity index (χ0n) is 12.7. The summed E-state index contributed by atoms with van der Waals surface area (Å²) in [6.45, 7) is 5.24. The van der Waals surface area contributed by atoms with Crippen molar-refractivity contribution in [1.29, 1.82) is 0 Å². The van der Waals surface area contributed by atoms with Crippen molar-refractivity contribution in [3.63, 3.8) is 0 Å². The van der Waals surface area contributed by atoms with E-state index in [-0.39, 0.29) is 57.0 Å². The van der Waals surface area contributed by atoms with Gasteiger partial charge in [-0.1, -0.05) is 67.3 Å². The molecule has 0 atom stereocenters. The molecule has 0 saturated heterocycles. The summed E-state index contributed by atoms with van der Waals surface area (Å²) in [7, 11) is 0. The van der Waals surface area contributed by atoms with Crippen molar-refractivity contribution in [2.75, 3.05) is 6.61 Å². The molecule has 0 N–H and O–H groups in total. The molecular weight excluding hydrogens is 416 g/mol. The van der Waals surface area contributed by atoms with E-state index in [0.29, 0.717) is 6.61 Å². The van der Waals surface area contributed by atoms with Crippen LogP contribution in [-0.4, -0.2) is 29.7 Å². The molecule has 2 aromatic rings. The van der Waals surface area contributed by atoms with E-state index in [4.69, 9.17) is 4.74 Å². The van der Waals surface area contributed by atoms with E-state index in [1.165, 1.54) is 11.1 Å². The molecule has 22 heavy (non-hydrogen) atoms. The minimum atomic E-state index is 0. The first-order valence-corrected chi connectivity index (χ1v) is 6.71. The van der Waals surface area contributed by atoms with Crippen LogP contribution in [0.3, 0.4) is 0 Å². The summed E-state index contributed by atoms with van der Waals surface area (Å²) in [6, 6.07) is 18.8. The summed E-state index contributed by atoms with van der Waals surface area (Å²) in [5.74, 6) is 0. The second-order valence-electron chi connectivity index (χ2n) is 4.59. The van der Waals surface area contributed by atoms with Crippen molar-refractivity contribution in [3.05, 3.63) is 77.9 Å². The van der Waals surface area contributed by atoms with E-state index >= 15 is 0 Å². The van der Waals surface area contributed by atoms with Gasteiger partial charge in [0.25, 0.3) is 0 Å². The fraction of sp³-hybridized carbons (Fsp3) is 0.222. The van der Waals surface area contributed by atoms with Crippen LogP contribution < -0.4 is 34.0 Å². The number of ether oxygens (including phenoxy) is 1. The Morgan fingerprint density at radius 1 is 0.864 bits per heavy atom. The Labute approximate surface area is 170 Å². The molecule has 0 heterocycles. The third kappa shape index (κ3) is 9.11. The zero-order chi connectivity index (χ0) is 13.3. The molecule has 0 aliphatic carbocycles. The maximum Gasteiger partial charge on any atom is 2.00 e. The summed E-state index contributed by atoms with van der Waals surface area (Å²) >= 11 is 0. The molecule has 2 rings (SSSR count). The first-order chi connectivity index (χ1) is 9.38. The van der Waals surface area contributed by atoms with E-state index in [1.807, 2.05) is 12.1 Å². The van der Waals surface area contributed by atoms with Crippen LogP contribution in [0.5, 0.6) is 0 Å². The van der Waals surface area contributed by atoms with Gasteiger partial charge in [0.05, 0.1) is 6.61 Å². The van der Waals surface area contributed by atoms with Crippen LogP contribution in [0.1, 0.15) is 23.1 Å². The summed E-state index contributed by atoms with van der Waals surface area (Å²) in [5.41, 5.74) is 3.74. The molecule has 114 valence electrons. The molecule has 1 nitrogen and oxygen atoms in total. The van der Waals surface area contributed by atoms with Gasteiger partial charge in [-0.05, 0) is 29.5 Å². The number of hydrogen-bond acceptors (Lipinski definition) is 1. The van der Waals surface area contributed by atoms with Crippen LogP contribution >= 0.6 is 0 Å². The predicted octanol–water partition coefficient (Wildman–Crippen LogP) is -1.89. The van der Waals surface area contributed by atoms with Gasteiger partial charge in [0.2, 0.25) is 0 Å². The molecule has 0 saturated carbocycles. The Bertz CT molecular complexity index is 500. The van der Waals surface area contributed by atoms with E-state index < -0.39 is 0 Å². The maximum absolute atomic E-state index is 5.69. The molecule has 2 aromatic carbocycles. The Morgan fingerprint density at radius 2 is 1.50 bits per heavy atom. The van der Waals surface area contributed by atoms with E-state index in [0.717, 1.165) is 25.0 Å². The number of hydrogen-bond donors (Lipinski definition) is 0. The van der Waals surface area contributed by atoms with Crippen LogP contribution in [-0.2, 0) is 17.8 Å². The summed E-state index contributed by atoms with van der Waals surface area (Å²) in [4.78, 5) is 0. The summed E-state index contributed by atoms with van der Waals surface area (Å²) in [5, 5.41) is 0. The maximum atomic E-state index is 5.69. The molecule has 0 unspecified atom stereocenters. The number of halogens is 2. The standard InChI is InChI=1S/C18H20O.2BrH.Mg/c1-2-16-10-12-18(13-11-16)15-19-14-6-9-17-7-4-3-5-8-17;;;/h2-5,7-8,10-13H,1,6,9,14-15H2;2*1H;/q;;;+2/p-2. The average molecular weight is 436 g/mol. The first kappa shape index (κ1) is 24.1. The van der Waals surface area contributed by atoms with Crippen LogP contribution in [0.15, 0.2) is 61.2 Å². The fourth-order valence-corrected chi connectivity index (χ4v) is 1.96. The second-order valence-corrected chi connectivity index (χ2v) is 4.59. The fourth-order valence-electron chi connectivity index (χ4n) is 1.96. The van der Waals surface area contributed by atoms with Crippen molar-refractivity contribution in [2.45, 2.75) is 19.4 Å².